The zero-order chi connectivity index (χ0) is 14.6. The van der Waals surface area contributed by atoms with Crippen LogP contribution in [0.4, 0.5) is 0 Å². The van der Waals surface area contributed by atoms with Crippen LogP contribution in [0.1, 0.15) is 13.3 Å². The maximum atomic E-state index is 12.8. The predicted molar refractivity (Wildman–Crippen MR) is 86.8 cm³/mol. The molecule has 0 radical (unpaired) electrons. The van der Waals surface area contributed by atoms with E-state index in [1.807, 2.05) is 37.3 Å². The lowest BCUT2D eigenvalue weighted by Crippen LogP contribution is -2.33. The summed E-state index contributed by atoms with van der Waals surface area (Å²) in [4.78, 5) is 0.394. The largest absolute Gasteiger partial charge is 0.243 e. The molecule has 0 unspecified atom stereocenters. The fraction of sp³-hybridized carbons (Fsp3) is 0.333. The van der Waals surface area contributed by atoms with Gasteiger partial charge in [0.2, 0.25) is 10.0 Å². The van der Waals surface area contributed by atoms with Crippen LogP contribution in [0.25, 0.3) is 10.8 Å². The number of nitrogens with zero attached hydrogens (tertiary/aromatic N) is 1. The van der Waals surface area contributed by atoms with Crippen LogP contribution in [0.3, 0.4) is 0 Å². The highest BCUT2D eigenvalue weighted by Crippen LogP contribution is 2.25. The zero-order valence-corrected chi connectivity index (χ0v) is 13.8. The third kappa shape index (κ3) is 3.05. The molecule has 2 aromatic carbocycles. The summed E-state index contributed by atoms with van der Waals surface area (Å²) < 4.78 is 27.2. The molecule has 3 nitrogen and oxygen atoms in total. The average Bonchev–Trinajstić information content (AvgIpc) is 2.46. The number of rotatable bonds is 6. The van der Waals surface area contributed by atoms with E-state index in [0.29, 0.717) is 23.3 Å². The molecule has 0 amide bonds. The van der Waals surface area contributed by atoms with Crippen LogP contribution in [0.15, 0.2) is 47.4 Å². The van der Waals surface area contributed by atoms with Gasteiger partial charge < -0.3 is 0 Å². The van der Waals surface area contributed by atoms with Gasteiger partial charge in [0.1, 0.15) is 0 Å². The van der Waals surface area contributed by atoms with Gasteiger partial charge in [-0.2, -0.15) is 4.31 Å². The van der Waals surface area contributed by atoms with Crippen LogP contribution in [0.2, 0.25) is 0 Å². The summed E-state index contributed by atoms with van der Waals surface area (Å²) in [5.74, 6) is 0. The minimum absolute atomic E-state index is 0.394. The molecule has 20 heavy (non-hydrogen) atoms. The van der Waals surface area contributed by atoms with Gasteiger partial charge in [-0.05, 0) is 17.9 Å². The maximum absolute atomic E-state index is 12.8. The Kier molecular flexibility index (Phi) is 5.18. The van der Waals surface area contributed by atoms with Gasteiger partial charge in [-0.15, -0.1) is 0 Å². The lowest BCUT2D eigenvalue weighted by Gasteiger charge is -2.21. The second-order valence-corrected chi connectivity index (χ2v) is 7.27. The molecule has 0 saturated carbocycles. The topological polar surface area (TPSA) is 37.4 Å². The standard InChI is InChI=1S/C15H18BrNO2S/c1-2-11-17(12-10-16)20(18,19)15-9-5-7-13-6-3-4-8-14(13)15/h3-9H,2,10-12H2,1H3. The molecule has 0 spiro atoms. The van der Waals surface area contributed by atoms with Gasteiger partial charge >= 0.3 is 0 Å². The van der Waals surface area contributed by atoms with Crippen LogP contribution in [0.5, 0.6) is 0 Å². The zero-order valence-electron chi connectivity index (χ0n) is 11.4. The fourth-order valence-electron chi connectivity index (χ4n) is 2.26. The summed E-state index contributed by atoms with van der Waals surface area (Å²) in [5.41, 5.74) is 0. The first kappa shape index (κ1) is 15.5. The smallest absolute Gasteiger partial charge is 0.207 e. The van der Waals surface area contributed by atoms with Crippen molar-refractivity contribution in [2.24, 2.45) is 0 Å². The number of alkyl halides is 1. The highest BCUT2D eigenvalue weighted by atomic mass is 79.9. The van der Waals surface area contributed by atoms with E-state index in [4.69, 9.17) is 0 Å². The molecule has 0 aliphatic rings. The molecule has 0 bridgehead atoms. The van der Waals surface area contributed by atoms with E-state index in [1.165, 1.54) is 0 Å². The molecule has 0 N–H and O–H groups in total. The highest BCUT2D eigenvalue weighted by molar-refractivity contribution is 9.09. The molecule has 0 aliphatic carbocycles. The van der Waals surface area contributed by atoms with E-state index in [1.54, 1.807) is 16.4 Å². The number of benzene rings is 2. The van der Waals surface area contributed by atoms with Crippen molar-refractivity contribution in [3.63, 3.8) is 0 Å². The maximum Gasteiger partial charge on any atom is 0.243 e. The van der Waals surface area contributed by atoms with Crippen molar-refractivity contribution < 1.29 is 8.42 Å². The molecule has 0 saturated heterocycles. The van der Waals surface area contributed by atoms with Crippen LogP contribution >= 0.6 is 15.9 Å². The number of hydrogen-bond acceptors (Lipinski definition) is 2. The van der Waals surface area contributed by atoms with Crippen LogP contribution in [-0.2, 0) is 10.0 Å². The first-order valence-electron chi connectivity index (χ1n) is 6.65. The van der Waals surface area contributed by atoms with Gasteiger partial charge in [-0.1, -0.05) is 59.3 Å². The first-order chi connectivity index (χ1) is 9.61. The molecule has 2 aromatic rings. The van der Waals surface area contributed by atoms with E-state index in [2.05, 4.69) is 15.9 Å². The monoisotopic (exact) mass is 355 g/mol. The average molecular weight is 356 g/mol. The number of sulfonamides is 1. The Morgan fingerprint density at radius 3 is 2.45 bits per heavy atom. The lowest BCUT2D eigenvalue weighted by atomic mass is 10.1. The van der Waals surface area contributed by atoms with Crippen molar-refractivity contribution in [3.05, 3.63) is 42.5 Å². The highest BCUT2D eigenvalue weighted by Gasteiger charge is 2.24. The van der Waals surface area contributed by atoms with Gasteiger partial charge in [0, 0.05) is 23.8 Å². The Balaban J connectivity index is 2.56. The molecule has 0 atom stereocenters. The predicted octanol–water partition coefficient (Wildman–Crippen LogP) is 3.64. The second kappa shape index (κ2) is 6.70. The fourth-order valence-corrected chi connectivity index (χ4v) is 4.67. The second-order valence-electron chi connectivity index (χ2n) is 4.57. The summed E-state index contributed by atoms with van der Waals surface area (Å²) in [5, 5.41) is 2.37. The molecule has 108 valence electrons. The van der Waals surface area contributed by atoms with Gasteiger partial charge in [0.15, 0.2) is 0 Å². The minimum Gasteiger partial charge on any atom is -0.207 e. The van der Waals surface area contributed by atoms with Gasteiger partial charge in [0.25, 0.3) is 0 Å². The quantitative estimate of drug-likeness (QED) is 0.741. The summed E-state index contributed by atoms with van der Waals surface area (Å²) in [6.07, 6.45) is 0.803. The molecule has 0 aliphatic heterocycles. The number of halogens is 1. The normalized spacial score (nSPS) is 12.2. The Morgan fingerprint density at radius 1 is 1.05 bits per heavy atom. The Bertz CT molecular complexity index is 674. The van der Waals surface area contributed by atoms with Crippen molar-refractivity contribution in [2.75, 3.05) is 18.4 Å². The SMILES string of the molecule is CCCN(CCBr)S(=O)(=O)c1cccc2ccccc12. The van der Waals surface area contributed by atoms with Crippen molar-refractivity contribution in [3.8, 4) is 0 Å². The summed E-state index contributed by atoms with van der Waals surface area (Å²) in [6.45, 7) is 3.01. The van der Waals surface area contributed by atoms with Crippen LogP contribution in [-0.4, -0.2) is 31.1 Å². The molecule has 5 heteroatoms. The molecule has 0 aromatic heterocycles. The Morgan fingerprint density at radius 2 is 1.75 bits per heavy atom. The van der Waals surface area contributed by atoms with Crippen LogP contribution in [0, 0.1) is 0 Å². The molecular weight excluding hydrogens is 338 g/mol. The van der Waals surface area contributed by atoms with Crippen LogP contribution < -0.4 is 0 Å². The van der Waals surface area contributed by atoms with E-state index in [-0.39, 0.29) is 0 Å². The third-order valence-electron chi connectivity index (χ3n) is 3.17. The van der Waals surface area contributed by atoms with Gasteiger partial charge in [0.05, 0.1) is 4.90 Å². The summed E-state index contributed by atoms with van der Waals surface area (Å²) >= 11 is 3.33. The van der Waals surface area contributed by atoms with E-state index in [0.717, 1.165) is 17.2 Å². The number of hydrogen-bond donors (Lipinski definition) is 0. The molecule has 2 rings (SSSR count). The number of fused-ring (bicyclic) bond motifs is 1. The first-order valence-corrected chi connectivity index (χ1v) is 9.21. The third-order valence-corrected chi connectivity index (χ3v) is 5.49. The van der Waals surface area contributed by atoms with Crippen molar-refractivity contribution >= 4 is 36.7 Å². The van der Waals surface area contributed by atoms with E-state index in [9.17, 15) is 8.42 Å². The van der Waals surface area contributed by atoms with Crippen molar-refractivity contribution in [1.29, 1.82) is 0 Å². The van der Waals surface area contributed by atoms with Gasteiger partial charge in [-0.3, -0.25) is 0 Å². The summed E-state index contributed by atoms with van der Waals surface area (Å²) in [6, 6.07) is 13.0. The van der Waals surface area contributed by atoms with Crippen molar-refractivity contribution in [2.45, 2.75) is 18.2 Å². The minimum atomic E-state index is -3.45. The van der Waals surface area contributed by atoms with Crippen molar-refractivity contribution in [1.82, 2.24) is 4.31 Å². The molecule has 0 heterocycles. The summed E-state index contributed by atoms with van der Waals surface area (Å²) in [7, 11) is -3.45. The van der Waals surface area contributed by atoms with E-state index >= 15 is 0 Å². The lowest BCUT2D eigenvalue weighted by molar-refractivity contribution is 0.431. The Hall–Kier alpha value is -0.910. The Labute approximate surface area is 128 Å². The van der Waals surface area contributed by atoms with Gasteiger partial charge in [-0.25, -0.2) is 8.42 Å². The molecule has 0 fully saturated rings. The molecular formula is C15H18BrNO2S. The van der Waals surface area contributed by atoms with E-state index < -0.39 is 10.0 Å².